The molecule has 0 bridgehead atoms. The van der Waals surface area contributed by atoms with Crippen molar-refractivity contribution >= 4 is 0 Å². The maximum atomic E-state index is 10.4. The molecule has 0 unspecified atom stereocenters. The molecule has 1 aromatic rings. The van der Waals surface area contributed by atoms with Gasteiger partial charge in [0, 0.05) is 19.6 Å². The van der Waals surface area contributed by atoms with Gasteiger partial charge in [-0.25, -0.2) is 0 Å². The molecule has 1 aliphatic heterocycles. The average Bonchev–Trinajstić information content (AvgIpc) is 2.66. The van der Waals surface area contributed by atoms with Crippen molar-refractivity contribution in [3.05, 3.63) is 58.0 Å². The lowest BCUT2D eigenvalue weighted by Crippen LogP contribution is -2.20. The summed E-state index contributed by atoms with van der Waals surface area (Å²) >= 11 is 0. The molecule has 0 aromatic heterocycles. The lowest BCUT2D eigenvalue weighted by Gasteiger charge is -2.16. The highest BCUT2D eigenvalue weighted by Crippen LogP contribution is 2.12. The van der Waals surface area contributed by atoms with E-state index < -0.39 is 4.92 Å². The fraction of sp³-hybridized carbons (Fsp3) is 0.273. The van der Waals surface area contributed by atoms with E-state index in [0.717, 1.165) is 24.9 Å². The number of nitro groups is 1. The highest BCUT2D eigenvalue weighted by Gasteiger charge is 2.19. The van der Waals surface area contributed by atoms with Crippen LogP contribution in [0.25, 0.3) is 0 Å². The fourth-order valence-electron chi connectivity index (χ4n) is 1.75. The Hall–Kier alpha value is -2.04. The third-order valence-electron chi connectivity index (χ3n) is 2.47. The third kappa shape index (κ3) is 2.50. The molecular formula is C11H13N3O2. The molecule has 0 aliphatic carbocycles. The van der Waals surface area contributed by atoms with Crippen molar-refractivity contribution in [2.75, 3.05) is 13.1 Å². The van der Waals surface area contributed by atoms with Gasteiger partial charge in [0.05, 0.1) is 4.92 Å². The van der Waals surface area contributed by atoms with E-state index in [2.05, 4.69) is 5.32 Å². The average molecular weight is 219 g/mol. The van der Waals surface area contributed by atoms with Gasteiger partial charge < -0.3 is 10.2 Å². The Bertz CT molecular complexity index is 403. The van der Waals surface area contributed by atoms with Crippen molar-refractivity contribution in [3.63, 3.8) is 0 Å². The summed E-state index contributed by atoms with van der Waals surface area (Å²) in [5.74, 6) is 0.592. The Morgan fingerprint density at radius 3 is 2.88 bits per heavy atom. The molecule has 0 radical (unpaired) electrons. The minimum Gasteiger partial charge on any atom is -0.365 e. The van der Waals surface area contributed by atoms with Crippen LogP contribution in [0, 0.1) is 10.1 Å². The van der Waals surface area contributed by atoms with Crippen LogP contribution in [0.3, 0.4) is 0 Å². The van der Waals surface area contributed by atoms with Crippen molar-refractivity contribution in [2.45, 2.75) is 6.54 Å². The smallest absolute Gasteiger partial charge is 0.274 e. The minimum atomic E-state index is -0.425. The van der Waals surface area contributed by atoms with Crippen LogP contribution < -0.4 is 5.32 Å². The first-order chi connectivity index (χ1) is 7.75. The Kier molecular flexibility index (Phi) is 3.05. The molecule has 84 valence electrons. The largest absolute Gasteiger partial charge is 0.365 e. The fourth-order valence-corrected chi connectivity index (χ4v) is 1.75. The van der Waals surface area contributed by atoms with Crippen LogP contribution in [-0.4, -0.2) is 22.9 Å². The Labute approximate surface area is 93.5 Å². The third-order valence-corrected chi connectivity index (χ3v) is 2.47. The van der Waals surface area contributed by atoms with Gasteiger partial charge in [0.2, 0.25) is 0 Å². The minimum absolute atomic E-state index is 0.425. The number of nitrogens with one attached hydrogen (secondary N) is 1. The standard InChI is InChI=1S/C11H13N3O2/c15-14(16)9-11-12-6-7-13(11)8-10-4-2-1-3-5-10/h1-5,9,12H,6-8H2/b11-9+. The van der Waals surface area contributed by atoms with Crippen molar-refractivity contribution in [3.8, 4) is 0 Å². The maximum Gasteiger partial charge on any atom is 0.274 e. The molecule has 1 aliphatic rings. The zero-order valence-electron chi connectivity index (χ0n) is 8.80. The molecule has 0 atom stereocenters. The lowest BCUT2D eigenvalue weighted by atomic mass is 10.2. The van der Waals surface area contributed by atoms with Gasteiger partial charge >= 0.3 is 0 Å². The zero-order chi connectivity index (χ0) is 11.4. The van der Waals surface area contributed by atoms with Gasteiger partial charge in [-0.05, 0) is 5.56 Å². The van der Waals surface area contributed by atoms with E-state index in [9.17, 15) is 10.1 Å². The SMILES string of the molecule is O=[N+]([O-])/C=C1\NCCN1Cc1ccccc1. The monoisotopic (exact) mass is 219 g/mol. The molecule has 1 heterocycles. The highest BCUT2D eigenvalue weighted by molar-refractivity contribution is 5.16. The Balaban J connectivity index is 2.07. The summed E-state index contributed by atoms with van der Waals surface area (Å²) in [6.07, 6.45) is 1.02. The molecule has 5 heteroatoms. The van der Waals surface area contributed by atoms with Gasteiger partial charge in [0.15, 0.2) is 5.82 Å². The van der Waals surface area contributed by atoms with Gasteiger partial charge in [0.25, 0.3) is 6.20 Å². The van der Waals surface area contributed by atoms with E-state index >= 15 is 0 Å². The number of hydrogen-bond donors (Lipinski definition) is 1. The van der Waals surface area contributed by atoms with Crippen molar-refractivity contribution in [1.29, 1.82) is 0 Å². The molecule has 1 aromatic carbocycles. The van der Waals surface area contributed by atoms with Crippen LogP contribution in [0.5, 0.6) is 0 Å². The van der Waals surface area contributed by atoms with Gasteiger partial charge in [-0.2, -0.15) is 0 Å². The van der Waals surface area contributed by atoms with Gasteiger partial charge in [0.1, 0.15) is 0 Å². The normalized spacial score (nSPS) is 17.5. The van der Waals surface area contributed by atoms with Crippen LogP contribution in [0.2, 0.25) is 0 Å². The second-order valence-electron chi connectivity index (χ2n) is 3.63. The number of rotatable bonds is 3. The molecule has 0 amide bonds. The molecular weight excluding hydrogens is 206 g/mol. The summed E-state index contributed by atoms with van der Waals surface area (Å²) in [7, 11) is 0. The van der Waals surface area contributed by atoms with E-state index in [0.29, 0.717) is 12.4 Å². The molecule has 5 nitrogen and oxygen atoms in total. The van der Waals surface area contributed by atoms with Crippen LogP contribution in [0.1, 0.15) is 5.56 Å². The van der Waals surface area contributed by atoms with E-state index in [1.165, 1.54) is 0 Å². The Morgan fingerprint density at radius 2 is 2.19 bits per heavy atom. The van der Waals surface area contributed by atoms with E-state index in [1.807, 2.05) is 35.2 Å². The first-order valence-corrected chi connectivity index (χ1v) is 5.14. The summed E-state index contributed by atoms with van der Waals surface area (Å²) in [6.45, 7) is 2.26. The molecule has 1 saturated heterocycles. The molecule has 16 heavy (non-hydrogen) atoms. The zero-order valence-corrected chi connectivity index (χ0v) is 8.80. The van der Waals surface area contributed by atoms with Crippen LogP contribution in [-0.2, 0) is 6.54 Å². The number of benzene rings is 1. The topological polar surface area (TPSA) is 58.4 Å². The van der Waals surface area contributed by atoms with Crippen LogP contribution >= 0.6 is 0 Å². The number of nitrogens with zero attached hydrogens (tertiary/aromatic N) is 2. The molecule has 1 N–H and O–H groups in total. The quantitative estimate of drug-likeness (QED) is 0.612. The van der Waals surface area contributed by atoms with Gasteiger partial charge in [-0.3, -0.25) is 10.1 Å². The first-order valence-electron chi connectivity index (χ1n) is 5.14. The first kappa shape index (κ1) is 10.5. The summed E-state index contributed by atoms with van der Waals surface area (Å²) in [6, 6.07) is 9.93. The Morgan fingerprint density at radius 1 is 1.44 bits per heavy atom. The summed E-state index contributed by atoms with van der Waals surface area (Å²) in [4.78, 5) is 12.0. The molecule has 0 spiro atoms. The molecule has 0 saturated carbocycles. The van der Waals surface area contributed by atoms with Crippen LogP contribution in [0.4, 0.5) is 0 Å². The lowest BCUT2D eigenvalue weighted by molar-refractivity contribution is -0.404. The molecule has 2 rings (SSSR count). The van der Waals surface area contributed by atoms with E-state index in [4.69, 9.17) is 0 Å². The number of hydrogen-bond acceptors (Lipinski definition) is 4. The van der Waals surface area contributed by atoms with Gasteiger partial charge in [-0.1, -0.05) is 30.3 Å². The summed E-state index contributed by atoms with van der Waals surface area (Å²) in [5.41, 5.74) is 1.15. The predicted molar refractivity (Wildman–Crippen MR) is 59.9 cm³/mol. The van der Waals surface area contributed by atoms with Gasteiger partial charge in [-0.15, -0.1) is 0 Å². The summed E-state index contributed by atoms with van der Waals surface area (Å²) in [5, 5.41) is 13.4. The highest BCUT2D eigenvalue weighted by atomic mass is 16.6. The van der Waals surface area contributed by atoms with Crippen molar-refractivity contribution < 1.29 is 4.92 Å². The second-order valence-corrected chi connectivity index (χ2v) is 3.63. The van der Waals surface area contributed by atoms with E-state index in [-0.39, 0.29) is 0 Å². The predicted octanol–water partition coefficient (Wildman–Crippen LogP) is 1.17. The van der Waals surface area contributed by atoms with Crippen LogP contribution in [0.15, 0.2) is 42.4 Å². The maximum absolute atomic E-state index is 10.4. The second kappa shape index (κ2) is 4.65. The van der Waals surface area contributed by atoms with Crippen molar-refractivity contribution in [2.24, 2.45) is 0 Å². The molecule has 1 fully saturated rings. The van der Waals surface area contributed by atoms with Crippen molar-refractivity contribution in [1.82, 2.24) is 10.2 Å². The van der Waals surface area contributed by atoms with E-state index in [1.54, 1.807) is 0 Å². The summed E-state index contributed by atoms with van der Waals surface area (Å²) < 4.78 is 0.